The Morgan fingerprint density at radius 2 is 2.12 bits per heavy atom. The SMILES string of the molecule is COC(=O)c1cc([N+](=O)[O-])cc(S(=O)O)c1. The summed E-state index contributed by atoms with van der Waals surface area (Å²) in [5.41, 5.74) is -0.589. The van der Waals surface area contributed by atoms with Gasteiger partial charge in [0.1, 0.15) is 0 Å². The number of ether oxygens (including phenoxy) is 1. The number of carbonyl (C=O) groups excluding carboxylic acids is 1. The van der Waals surface area contributed by atoms with Crippen molar-refractivity contribution in [2.24, 2.45) is 0 Å². The quantitative estimate of drug-likeness (QED) is 0.368. The molecule has 0 spiro atoms. The smallest absolute Gasteiger partial charge is 0.338 e. The number of methoxy groups -OCH3 is 1. The lowest BCUT2D eigenvalue weighted by Crippen LogP contribution is -2.04. The van der Waals surface area contributed by atoms with Crippen molar-refractivity contribution < 1.29 is 23.2 Å². The Morgan fingerprint density at radius 3 is 2.56 bits per heavy atom. The molecule has 1 rings (SSSR count). The van der Waals surface area contributed by atoms with Gasteiger partial charge in [0.05, 0.1) is 22.5 Å². The number of esters is 1. The normalized spacial score (nSPS) is 11.9. The maximum absolute atomic E-state index is 11.1. The van der Waals surface area contributed by atoms with Crippen molar-refractivity contribution in [3.63, 3.8) is 0 Å². The second kappa shape index (κ2) is 4.81. The highest BCUT2D eigenvalue weighted by Gasteiger charge is 2.16. The fourth-order valence-electron chi connectivity index (χ4n) is 1.03. The van der Waals surface area contributed by atoms with Gasteiger partial charge in [0.2, 0.25) is 0 Å². The molecule has 1 unspecified atom stereocenters. The van der Waals surface area contributed by atoms with Crippen molar-refractivity contribution >= 4 is 22.7 Å². The molecule has 0 bridgehead atoms. The van der Waals surface area contributed by atoms with Gasteiger partial charge in [-0.05, 0) is 6.07 Å². The maximum Gasteiger partial charge on any atom is 0.338 e. The standard InChI is InChI=1S/C8H7NO6S/c1-15-8(10)5-2-6(9(11)12)4-7(3-5)16(13)14/h2-4H,1H3,(H,13,14). The van der Waals surface area contributed by atoms with Crippen LogP contribution in [0.4, 0.5) is 5.69 Å². The topological polar surface area (TPSA) is 107 Å². The van der Waals surface area contributed by atoms with E-state index in [-0.39, 0.29) is 10.5 Å². The summed E-state index contributed by atoms with van der Waals surface area (Å²) < 4.78 is 23.9. The molecule has 7 nitrogen and oxygen atoms in total. The Kier molecular flexibility index (Phi) is 3.69. The fraction of sp³-hybridized carbons (Fsp3) is 0.125. The van der Waals surface area contributed by atoms with Crippen LogP contribution in [-0.4, -0.2) is 26.8 Å². The first-order valence-electron chi connectivity index (χ1n) is 3.94. The third kappa shape index (κ3) is 2.61. The van der Waals surface area contributed by atoms with Crippen LogP contribution in [0.2, 0.25) is 0 Å². The van der Waals surface area contributed by atoms with Gasteiger partial charge in [-0.3, -0.25) is 10.1 Å². The molecule has 0 aromatic heterocycles. The van der Waals surface area contributed by atoms with Gasteiger partial charge >= 0.3 is 5.97 Å². The first-order valence-corrected chi connectivity index (χ1v) is 5.05. The number of hydrogen-bond donors (Lipinski definition) is 1. The molecule has 1 aromatic carbocycles. The molecule has 0 aliphatic heterocycles. The lowest BCUT2D eigenvalue weighted by atomic mass is 10.2. The van der Waals surface area contributed by atoms with E-state index >= 15 is 0 Å². The summed E-state index contributed by atoms with van der Waals surface area (Å²) >= 11 is -2.40. The number of nitrogens with zero attached hydrogens (tertiary/aromatic N) is 1. The molecule has 0 saturated carbocycles. The van der Waals surface area contributed by atoms with Gasteiger partial charge in [0.25, 0.3) is 5.69 Å². The van der Waals surface area contributed by atoms with Crippen LogP contribution >= 0.6 is 0 Å². The van der Waals surface area contributed by atoms with Crippen LogP contribution < -0.4 is 0 Å². The summed E-state index contributed by atoms with van der Waals surface area (Å²) in [5.74, 6) is -0.810. The number of rotatable bonds is 3. The van der Waals surface area contributed by atoms with Crippen LogP contribution in [0.25, 0.3) is 0 Å². The van der Waals surface area contributed by atoms with Crippen molar-refractivity contribution in [3.05, 3.63) is 33.9 Å². The Balaban J connectivity index is 3.35. The fourth-order valence-corrected chi connectivity index (χ4v) is 1.47. The molecule has 8 heteroatoms. The minimum absolute atomic E-state index is 0.144. The van der Waals surface area contributed by atoms with E-state index in [1.54, 1.807) is 0 Å². The van der Waals surface area contributed by atoms with Gasteiger partial charge in [0.15, 0.2) is 11.1 Å². The van der Waals surface area contributed by atoms with Gasteiger partial charge < -0.3 is 9.29 Å². The molecular weight excluding hydrogens is 238 g/mol. The highest BCUT2D eigenvalue weighted by Crippen LogP contribution is 2.19. The Labute approximate surface area is 92.5 Å². The maximum atomic E-state index is 11.1. The number of nitro groups is 1. The van der Waals surface area contributed by atoms with Gasteiger partial charge in [-0.15, -0.1) is 0 Å². The molecule has 86 valence electrons. The van der Waals surface area contributed by atoms with Crippen molar-refractivity contribution in [1.82, 2.24) is 0 Å². The molecule has 0 heterocycles. The molecule has 16 heavy (non-hydrogen) atoms. The minimum Gasteiger partial charge on any atom is -0.465 e. The van der Waals surface area contributed by atoms with Crippen LogP contribution in [-0.2, 0) is 15.8 Å². The van der Waals surface area contributed by atoms with Crippen molar-refractivity contribution in [1.29, 1.82) is 0 Å². The lowest BCUT2D eigenvalue weighted by Gasteiger charge is -2.01. The molecule has 0 fully saturated rings. The number of non-ortho nitro benzene ring substituents is 1. The zero-order valence-corrected chi connectivity index (χ0v) is 8.89. The predicted octanol–water partition coefficient (Wildman–Crippen LogP) is 0.962. The summed E-state index contributed by atoms with van der Waals surface area (Å²) in [6, 6.07) is 2.96. The van der Waals surface area contributed by atoms with E-state index in [2.05, 4.69) is 4.74 Å². The molecule has 1 N–H and O–H groups in total. The van der Waals surface area contributed by atoms with Crippen LogP contribution in [0.1, 0.15) is 10.4 Å². The largest absolute Gasteiger partial charge is 0.465 e. The monoisotopic (exact) mass is 245 g/mol. The molecule has 0 saturated heterocycles. The third-order valence-electron chi connectivity index (χ3n) is 1.72. The average molecular weight is 245 g/mol. The molecule has 1 aromatic rings. The van der Waals surface area contributed by atoms with Crippen LogP contribution in [0.15, 0.2) is 23.1 Å². The molecule has 0 aliphatic carbocycles. The molecular formula is C8H7NO6S. The second-order valence-electron chi connectivity index (χ2n) is 2.71. The third-order valence-corrected chi connectivity index (χ3v) is 2.36. The number of hydrogen-bond acceptors (Lipinski definition) is 5. The zero-order valence-electron chi connectivity index (χ0n) is 8.08. The van der Waals surface area contributed by atoms with E-state index in [1.807, 2.05) is 0 Å². The first-order chi connectivity index (χ1) is 7.45. The summed E-state index contributed by atoms with van der Waals surface area (Å²) in [4.78, 5) is 20.7. The highest BCUT2D eigenvalue weighted by atomic mass is 32.2. The summed E-state index contributed by atoms with van der Waals surface area (Å²) in [5, 5.41) is 10.5. The van der Waals surface area contributed by atoms with E-state index in [0.29, 0.717) is 0 Å². The molecule has 0 aliphatic rings. The summed E-state index contributed by atoms with van der Waals surface area (Å²) in [6.07, 6.45) is 0. The van der Waals surface area contributed by atoms with Crippen LogP contribution in [0.5, 0.6) is 0 Å². The number of carbonyl (C=O) groups is 1. The van der Waals surface area contributed by atoms with Gasteiger partial charge in [-0.2, -0.15) is 0 Å². The summed E-state index contributed by atoms with van der Waals surface area (Å²) in [6.45, 7) is 0. The number of nitro benzene ring substituents is 1. The number of benzene rings is 1. The zero-order chi connectivity index (χ0) is 12.3. The van der Waals surface area contributed by atoms with Crippen molar-refractivity contribution in [2.75, 3.05) is 7.11 Å². The molecule has 0 amide bonds. The second-order valence-corrected chi connectivity index (χ2v) is 3.68. The highest BCUT2D eigenvalue weighted by molar-refractivity contribution is 7.79. The Morgan fingerprint density at radius 1 is 1.50 bits per heavy atom. The van der Waals surface area contributed by atoms with Crippen LogP contribution in [0.3, 0.4) is 0 Å². The van der Waals surface area contributed by atoms with Gasteiger partial charge in [0, 0.05) is 12.1 Å². The Hall–Kier alpha value is -1.80. The van der Waals surface area contributed by atoms with Gasteiger partial charge in [-0.1, -0.05) is 0 Å². The van der Waals surface area contributed by atoms with Crippen molar-refractivity contribution in [2.45, 2.75) is 4.90 Å². The molecule has 0 radical (unpaired) electrons. The van der Waals surface area contributed by atoms with E-state index in [4.69, 9.17) is 4.55 Å². The lowest BCUT2D eigenvalue weighted by molar-refractivity contribution is -0.385. The Bertz CT molecular complexity index is 439. The van der Waals surface area contributed by atoms with E-state index in [9.17, 15) is 19.1 Å². The van der Waals surface area contributed by atoms with E-state index in [1.165, 1.54) is 0 Å². The minimum atomic E-state index is -2.40. The first kappa shape index (κ1) is 12.3. The predicted molar refractivity (Wildman–Crippen MR) is 53.5 cm³/mol. The van der Waals surface area contributed by atoms with Gasteiger partial charge in [-0.25, -0.2) is 9.00 Å². The molecule has 1 atom stereocenters. The average Bonchev–Trinajstić information content (AvgIpc) is 2.27. The van der Waals surface area contributed by atoms with Crippen LogP contribution in [0, 0.1) is 10.1 Å². The van der Waals surface area contributed by atoms with E-state index < -0.39 is 27.7 Å². The summed E-state index contributed by atoms with van der Waals surface area (Å²) in [7, 11) is 1.11. The van der Waals surface area contributed by atoms with E-state index in [0.717, 1.165) is 25.3 Å². The van der Waals surface area contributed by atoms with Crippen molar-refractivity contribution in [3.8, 4) is 0 Å².